The van der Waals surface area contributed by atoms with Gasteiger partial charge in [0.1, 0.15) is 12.2 Å². The van der Waals surface area contributed by atoms with Crippen LogP contribution in [0.25, 0.3) is 0 Å². The topological polar surface area (TPSA) is 86.0 Å². The number of carbonyl (C=O) groups excluding carboxylic acids is 2. The van der Waals surface area contributed by atoms with Gasteiger partial charge < -0.3 is 19.0 Å². The summed E-state index contributed by atoms with van der Waals surface area (Å²) < 4.78 is 17.4. The molecule has 0 bridgehead atoms. The molecule has 1 aromatic rings. The number of aliphatic hydroxyl groups is 1. The fourth-order valence-corrected chi connectivity index (χ4v) is 8.84. The van der Waals surface area contributed by atoms with Gasteiger partial charge in [0.25, 0.3) is 0 Å². The van der Waals surface area contributed by atoms with Crippen LogP contribution >= 0.6 is 0 Å². The normalized spacial score (nSPS) is 45.2. The number of furan rings is 1. The van der Waals surface area contributed by atoms with E-state index in [0.717, 1.165) is 36.8 Å². The number of cyclic esters (lactones) is 1. The molecule has 6 nitrogen and oxygen atoms in total. The number of esters is 2. The Balaban J connectivity index is 1.67. The van der Waals surface area contributed by atoms with Gasteiger partial charge >= 0.3 is 11.9 Å². The fraction of sp³-hybridized carbons (Fsp3) is 0.714. The van der Waals surface area contributed by atoms with Crippen LogP contribution in [0.3, 0.4) is 0 Å². The van der Waals surface area contributed by atoms with Gasteiger partial charge in [0.15, 0.2) is 0 Å². The van der Waals surface area contributed by atoms with Gasteiger partial charge in [-0.25, -0.2) is 4.79 Å². The molecule has 1 N–H and O–H groups in total. The smallest absolute Gasteiger partial charge is 0.331 e. The molecule has 1 aliphatic heterocycles. The van der Waals surface area contributed by atoms with E-state index < -0.39 is 16.9 Å². The predicted molar refractivity (Wildman–Crippen MR) is 125 cm³/mol. The number of rotatable bonds is 2. The number of hydrogen-bond donors (Lipinski definition) is 1. The van der Waals surface area contributed by atoms with Crippen molar-refractivity contribution in [2.24, 2.45) is 33.5 Å². The third-order valence-corrected chi connectivity index (χ3v) is 10.5. The third kappa shape index (κ3) is 3.03. The monoisotopic (exact) mass is 470 g/mol. The molecule has 2 heterocycles. The molecule has 5 rings (SSSR count). The van der Waals surface area contributed by atoms with Crippen molar-refractivity contribution in [3.05, 3.63) is 35.8 Å². The molecule has 0 saturated heterocycles. The number of aliphatic hydroxyl groups excluding tert-OH is 1. The molecule has 6 heteroatoms. The summed E-state index contributed by atoms with van der Waals surface area (Å²) in [6, 6.07) is 1.87. The average Bonchev–Trinajstić information content (AvgIpc) is 3.28. The minimum atomic E-state index is -0.510. The van der Waals surface area contributed by atoms with Gasteiger partial charge in [0.2, 0.25) is 0 Å². The van der Waals surface area contributed by atoms with Gasteiger partial charge in [-0.1, -0.05) is 34.6 Å². The second-order valence-corrected chi connectivity index (χ2v) is 12.5. The van der Waals surface area contributed by atoms with Gasteiger partial charge in [-0.3, -0.25) is 4.79 Å². The van der Waals surface area contributed by atoms with E-state index in [4.69, 9.17) is 13.9 Å². The Bertz CT molecular complexity index is 1020. The molecule has 3 fully saturated rings. The first kappa shape index (κ1) is 23.7. The van der Waals surface area contributed by atoms with Crippen molar-refractivity contribution in [1.82, 2.24) is 0 Å². The molecule has 0 spiro atoms. The highest BCUT2D eigenvalue weighted by atomic mass is 16.6. The summed E-state index contributed by atoms with van der Waals surface area (Å²) in [6.07, 6.45) is 7.93. The lowest BCUT2D eigenvalue weighted by Gasteiger charge is -2.69. The van der Waals surface area contributed by atoms with Crippen LogP contribution in [0, 0.1) is 33.5 Å². The van der Waals surface area contributed by atoms with Gasteiger partial charge in [-0.05, 0) is 66.4 Å². The van der Waals surface area contributed by atoms with Crippen molar-refractivity contribution >= 4 is 11.9 Å². The molecule has 0 aromatic carbocycles. The van der Waals surface area contributed by atoms with E-state index in [1.54, 1.807) is 18.6 Å². The van der Waals surface area contributed by atoms with Crippen LogP contribution in [-0.4, -0.2) is 29.3 Å². The molecule has 0 radical (unpaired) electrons. The lowest BCUT2D eigenvalue weighted by molar-refractivity contribution is -0.226. The molecule has 34 heavy (non-hydrogen) atoms. The summed E-state index contributed by atoms with van der Waals surface area (Å²) in [5.74, 6) is -0.240. The van der Waals surface area contributed by atoms with Crippen LogP contribution in [0.1, 0.15) is 85.3 Å². The highest BCUT2D eigenvalue weighted by Gasteiger charge is 2.69. The van der Waals surface area contributed by atoms with E-state index >= 15 is 0 Å². The largest absolute Gasteiger partial charge is 0.472 e. The molecular formula is C28H38O6. The van der Waals surface area contributed by atoms with Crippen molar-refractivity contribution in [3.8, 4) is 0 Å². The molecule has 186 valence electrons. The summed E-state index contributed by atoms with van der Waals surface area (Å²) in [7, 11) is 0. The lowest BCUT2D eigenvalue weighted by atomic mass is 9.36. The molecule has 4 aliphatic rings. The van der Waals surface area contributed by atoms with E-state index in [-0.39, 0.29) is 46.8 Å². The highest BCUT2D eigenvalue weighted by molar-refractivity contribution is 5.85. The van der Waals surface area contributed by atoms with E-state index in [9.17, 15) is 14.7 Å². The van der Waals surface area contributed by atoms with E-state index in [2.05, 4.69) is 34.6 Å². The van der Waals surface area contributed by atoms with Crippen molar-refractivity contribution in [2.45, 2.75) is 92.0 Å². The quantitative estimate of drug-likeness (QED) is 0.585. The summed E-state index contributed by atoms with van der Waals surface area (Å²) in [5.41, 5.74) is 0.635. The first-order valence-electron chi connectivity index (χ1n) is 12.7. The van der Waals surface area contributed by atoms with Crippen LogP contribution in [0.4, 0.5) is 0 Å². The van der Waals surface area contributed by atoms with Crippen LogP contribution in [0.2, 0.25) is 0 Å². The number of hydrogen-bond acceptors (Lipinski definition) is 6. The zero-order valence-electron chi connectivity index (χ0n) is 21.2. The zero-order valence-corrected chi connectivity index (χ0v) is 21.2. The van der Waals surface area contributed by atoms with Crippen LogP contribution in [0.5, 0.6) is 0 Å². The SMILES string of the molecule is CC(=O)O[C@H]1C[C@@H]2C(C)(C)[C@@H](O)CC[C@]2(C)[C@@H]2CC[C@]3(C)C(=CC(=O)O[C@H]3c3ccoc3)[C@]12C. The molecule has 0 unspecified atom stereocenters. The Morgan fingerprint density at radius 3 is 2.50 bits per heavy atom. The standard InChI is InChI=1S/C28H38O6/c1-16(29)33-22-13-19-25(2,3)21(30)8-11-26(19,4)18-7-10-27(5)20(28(18,22)6)14-23(31)34-24(27)17-9-12-32-15-17/h9,12,14-15,18-19,21-22,24,30H,7-8,10-11,13H2,1-6H3/t18-,19+,21-,22-,24-,26+,27+,28+/m0/s1. The number of carbonyl (C=O) groups is 2. The average molecular weight is 471 g/mol. The van der Waals surface area contributed by atoms with Gasteiger partial charge in [0, 0.05) is 29.4 Å². The number of fused-ring (bicyclic) bond motifs is 5. The minimum Gasteiger partial charge on any atom is -0.472 e. The van der Waals surface area contributed by atoms with Crippen molar-refractivity contribution in [2.75, 3.05) is 0 Å². The Hall–Kier alpha value is -2.08. The summed E-state index contributed by atoms with van der Waals surface area (Å²) in [6.45, 7) is 12.5. The third-order valence-electron chi connectivity index (χ3n) is 10.5. The second-order valence-electron chi connectivity index (χ2n) is 12.5. The first-order chi connectivity index (χ1) is 15.8. The maximum atomic E-state index is 12.9. The van der Waals surface area contributed by atoms with Gasteiger partial charge in [-0.15, -0.1) is 0 Å². The maximum Gasteiger partial charge on any atom is 0.331 e. The van der Waals surface area contributed by atoms with Crippen LogP contribution < -0.4 is 0 Å². The zero-order chi connectivity index (χ0) is 24.7. The van der Waals surface area contributed by atoms with Crippen LogP contribution in [-0.2, 0) is 19.1 Å². The van der Waals surface area contributed by atoms with Crippen LogP contribution in [0.15, 0.2) is 34.7 Å². The summed E-state index contributed by atoms with van der Waals surface area (Å²) >= 11 is 0. The summed E-state index contributed by atoms with van der Waals surface area (Å²) in [5, 5.41) is 10.9. The molecule has 8 atom stereocenters. The number of ether oxygens (including phenoxy) is 2. The molecule has 3 saturated carbocycles. The Kier molecular flexibility index (Phi) is 5.19. The minimum absolute atomic E-state index is 0.0389. The Morgan fingerprint density at radius 2 is 1.85 bits per heavy atom. The molecule has 0 amide bonds. The van der Waals surface area contributed by atoms with E-state index in [0.29, 0.717) is 6.42 Å². The molecule has 1 aromatic heterocycles. The van der Waals surface area contributed by atoms with E-state index in [1.807, 2.05) is 6.07 Å². The Morgan fingerprint density at radius 1 is 1.12 bits per heavy atom. The maximum absolute atomic E-state index is 12.9. The fourth-order valence-electron chi connectivity index (χ4n) is 8.84. The predicted octanol–water partition coefficient (Wildman–Crippen LogP) is 5.37. The molecule has 3 aliphatic carbocycles. The first-order valence-corrected chi connectivity index (χ1v) is 12.7. The second kappa shape index (κ2) is 7.46. The van der Waals surface area contributed by atoms with Crippen molar-refractivity contribution in [1.29, 1.82) is 0 Å². The van der Waals surface area contributed by atoms with E-state index in [1.165, 1.54) is 6.92 Å². The molecular weight excluding hydrogens is 432 g/mol. The van der Waals surface area contributed by atoms with Gasteiger partial charge in [0.05, 0.1) is 18.6 Å². The van der Waals surface area contributed by atoms with Crippen molar-refractivity contribution in [3.63, 3.8) is 0 Å². The Labute approximate surface area is 202 Å². The van der Waals surface area contributed by atoms with Crippen molar-refractivity contribution < 1.29 is 28.6 Å². The lowest BCUT2D eigenvalue weighted by Crippen LogP contribution is -2.66. The summed E-state index contributed by atoms with van der Waals surface area (Å²) in [4.78, 5) is 25.3. The van der Waals surface area contributed by atoms with Gasteiger partial charge in [-0.2, -0.15) is 0 Å². The highest BCUT2D eigenvalue weighted by Crippen LogP contribution is 2.73.